The lowest BCUT2D eigenvalue weighted by Gasteiger charge is -2.11. The number of benzene rings is 1. The lowest BCUT2D eigenvalue weighted by Crippen LogP contribution is -2.29. The quantitative estimate of drug-likeness (QED) is 0.634. The first kappa shape index (κ1) is 15.1. The molecule has 2 rings (SSSR count). The van der Waals surface area contributed by atoms with E-state index in [2.05, 4.69) is 36.8 Å². The highest BCUT2D eigenvalue weighted by Gasteiger charge is 2.10. The third kappa shape index (κ3) is 3.24. The van der Waals surface area contributed by atoms with Crippen molar-refractivity contribution in [1.82, 2.24) is 9.55 Å². The molecule has 0 atom stereocenters. The van der Waals surface area contributed by atoms with Gasteiger partial charge in [0.25, 0.3) is 0 Å². The second kappa shape index (κ2) is 6.45. The van der Waals surface area contributed by atoms with Crippen LogP contribution in [0.5, 0.6) is 0 Å². The first-order valence-electron chi connectivity index (χ1n) is 5.97. The number of hydrogen-bond donors (Lipinski definition) is 1. The standard InChI is InChI=1S/C14H13Br2N3O/c1-9-18-7-11(6-15)14(17)19(9)8-13(20)10-2-4-12(16)5-3-10/h2-5,7,17H,6,8H2,1H3. The second-order valence-corrected chi connectivity index (χ2v) is 5.81. The van der Waals surface area contributed by atoms with Gasteiger partial charge in [-0.15, -0.1) is 0 Å². The van der Waals surface area contributed by atoms with E-state index in [1.54, 1.807) is 29.8 Å². The molecule has 20 heavy (non-hydrogen) atoms. The Hall–Kier alpha value is -1.27. The summed E-state index contributed by atoms with van der Waals surface area (Å²) in [7, 11) is 0. The molecule has 0 aliphatic carbocycles. The van der Waals surface area contributed by atoms with E-state index in [4.69, 9.17) is 5.41 Å². The number of halogens is 2. The summed E-state index contributed by atoms with van der Waals surface area (Å²) in [6, 6.07) is 7.21. The number of rotatable bonds is 4. The molecule has 0 aliphatic rings. The molecule has 4 nitrogen and oxygen atoms in total. The first-order chi connectivity index (χ1) is 9.52. The van der Waals surface area contributed by atoms with E-state index in [1.165, 1.54) is 0 Å². The van der Waals surface area contributed by atoms with Crippen molar-refractivity contribution < 1.29 is 4.79 Å². The summed E-state index contributed by atoms with van der Waals surface area (Å²) in [5.74, 6) is 0.623. The molecular formula is C14H13Br2N3O. The summed E-state index contributed by atoms with van der Waals surface area (Å²) in [4.78, 5) is 16.5. The summed E-state index contributed by atoms with van der Waals surface area (Å²) in [5, 5.41) is 8.66. The SMILES string of the molecule is Cc1ncc(CBr)c(=N)n1CC(=O)c1ccc(Br)cc1. The predicted molar refractivity (Wildman–Crippen MR) is 83.9 cm³/mol. The van der Waals surface area contributed by atoms with E-state index in [1.807, 2.05) is 12.1 Å². The van der Waals surface area contributed by atoms with Crippen LogP contribution in [-0.2, 0) is 11.9 Å². The van der Waals surface area contributed by atoms with Crippen LogP contribution in [-0.4, -0.2) is 15.3 Å². The third-order valence-corrected chi connectivity index (χ3v) is 4.12. The number of ketones is 1. The van der Waals surface area contributed by atoms with Crippen LogP contribution in [0.2, 0.25) is 0 Å². The van der Waals surface area contributed by atoms with Gasteiger partial charge in [0.05, 0.1) is 6.54 Å². The Bertz CT molecular complexity index is 693. The van der Waals surface area contributed by atoms with E-state index in [0.29, 0.717) is 22.2 Å². The lowest BCUT2D eigenvalue weighted by atomic mass is 10.1. The highest BCUT2D eigenvalue weighted by molar-refractivity contribution is 9.10. The first-order valence-corrected chi connectivity index (χ1v) is 7.89. The maximum Gasteiger partial charge on any atom is 0.182 e. The Morgan fingerprint density at radius 3 is 2.60 bits per heavy atom. The van der Waals surface area contributed by atoms with Crippen molar-refractivity contribution in [3.63, 3.8) is 0 Å². The summed E-state index contributed by atoms with van der Waals surface area (Å²) in [6.07, 6.45) is 1.66. The van der Waals surface area contributed by atoms with Gasteiger partial charge in [-0.1, -0.05) is 44.0 Å². The number of hydrogen-bond acceptors (Lipinski definition) is 3. The van der Waals surface area contributed by atoms with Gasteiger partial charge in [-0.25, -0.2) is 4.98 Å². The van der Waals surface area contributed by atoms with Crippen LogP contribution in [0.4, 0.5) is 0 Å². The molecule has 0 saturated carbocycles. The van der Waals surface area contributed by atoms with Gasteiger partial charge < -0.3 is 4.57 Å². The fraction of sp³-hybridized carbons (Fsp3) is 0.214. The maximum atomic E-state index is 12.3. The number of nitrogens with zero attached hydrogens (tertiary/aromatic N) is 2. The van der Waals surface area contributed by atoms with Crippen molar-refractivity contribution in [2.45, 2.75) is 18.8 Å². The third-order valence-electron chi connectivity index (χ3n) is 2.98. The molecule has 0 spiro atoms. The molecule has 0 radical (unpaired) electrons. The molecule has 0 saturated heterocycles. The van der Waals surface area contributed by atoms with Crippen LogP contribution >= 0.6 is 31.9 Å². The van der Waals surface area contributed by atoms with Gasteiger partial charge in [-0.3, -0.25) is 10.2 Å². The monoisotopic (exact) mass is 397 g/mol. The Balaban J connectivity index is 2.32. The minimum atomic E-state index is -0.0346. The van der Waals surface area contributed by atoms with Crippen LogP contribution < -0.4 is 5.49 Å². The molecule has 104 valence electrons. The molecule has 1 N–H and O–H groups in total. The zero-order chi connectivity index (χ0) is 14.7. The molecule has 2 aromatic rings. The van der Waals surface area contributed by atoms with Gasteiger partial charge >= 0.3 is 0 Å². The Kier molecular flexibility index (Phi) is 4.88. The number of aromatic nitrogens is 2. The highest BCUT2D eigenvalue weighted by Crippen LogP contribution is 2.11. The average molecular weight is 399 g/mol. The molecular weight excluding hydrogens is 386 g/mol. The number of aryl methyl sites for hydroxylation is 1. The van der Waals surface area contributed by atoms with E-state index in [9.17, 15) is 4.79 Å². The number of carbonyl (C=O) groups excluding carboxylic acids is 1. The summed E-state index contributed by atoms with van der Waals surface area (Å²) >= 11 is 6.66. The summed E-state index contributed by atoms with van der Waals surface area (Å²) in [6.45, 7) is 1.92. The van der Waals surface area contributed by atoms with E-state index in [0.717, 1.165) is 10.0 Å². The smallest absolute Gasteiger partial charge is 0.182 e. The molecule has 1 aromatic carbocycles. The van der Waals surface area contributed by atoms with Gasteiger partial charge in [-0.2, -0.15) is 0 Å². The van der Waals surface area contributed by atoms with Gasteiger partial charge in [0.15, 0.2) is 5.78 Å². The van der Waals surface area contributed by atoms with Crippen LogP contribution in [0.25, 0.3) is 0 Å². The molecule has 1 aromatic heterocycles. The van der Waals surface area contributed by atoms with E-state index < -0.39 is 0 Å². The number of alkyl halides is 1. The molecule has 0 unspecified atom stereocenters. The number of carbonyl (C=O) groups is 1. The molecule has 0 aliphatic heterocycles. The van der Waals surface area contributed by atoms with Gasteiger partial charge in [0, 0.05) is 27.1 Å². The minimum absolute atomic E-state index is 0.0346. The fourth-order valence-electron chi connectivity index (χ4n) is 1.80. The number of nitrogens with one attached hydrogen (secondary N) is 1. The minimum Gasteiger partial charge on any atom is -0.307 e. The van der Waals surface area contributed by atoms with Crippen LogP contribution in [0.15, 0.2) is 34.9 Å². The average Bonchev–Trinajstić information content (AvgIpc) is 2.44. The second-order valence-electron chi connectivity index (χ2n) is 4.33. The Morgan fingerprint density at radius 1 is 1.35 bits per heavy atom. The van der Waals surface area contributed by atoms with Crippen molar-refractivity contribution in [3.05, 3.63) is 57.4 Å². The topological polar surface area (TPSA) is 58.7 Å². The van der Waals surface area contributed by atoms with Crippen molar-refractivity contribution in [2.24, 2.45) is 0 Å². The molecule has 0 amide bonds. The zero-order valence-corrected chi connectivity index (χ0v) is 14.0. The van der Waals surface area contributed by atoms with Crippen LogP contribution in [0, 0.1) is 12.3 Å². The van der Waals surface area contributed by atoms with E-state index >= 15 is 0 Å². The molecule has 0 bridgehead atoms. The van der Waals surface area contributed by atoms with Gasteiger partial charge in [0.2, 0.25) is 0 Å². The van der Waals surface area contributed by atoms with Gasteiger partial charge in [-0.05, 0) is 19.1 Å². The normalized spacial score (nSPS) is 10.6. The van der Waals surface area contributed by atoms with E-state index in [-0.39, 0.29) is 12.3 Å². The van der Waals surface area contributed by atoms with Crippen LogP contribution in [0.3, 0.4) is 0 Å². The summed E-state index contributed by atoms with van der Waals surface area (Å²) in [5.41, 5.74) is 1.71. The van der Waals surface area contributed by atoms with Gasteiger partial charge in [0.1, 0.15) is 11.3 Å². The largest absolute Gasteiger partial charge is 0.307 e. The maximum absolute atomic E-state index is 12.3. The highest BCUT2D eigenvalue weighted by atomic mass is 79.9. The Labute approximate surface area is 133 Å². The Morgan fingerprint density at radius 2 is 2.00 bits per heavy atom. The fourth-order valence-corrected chi connectivity index (χ4v) is 2.47. The van der Waals surface area contributed by atoms with Crippen molar-refractivity contribution >= 4 is 37.6 Å². The van der Waals surface area contributed by atoms with Crippen LogP contribution in [0.1, 0.15) is 21.7 Å². The molecule has 6 heteroatoms. The molecule has 0 fully saturated rings. The van der Waals surface area contributed by atoms with Crippen molar-refractivity contribution in [3.8, 4) is 0 Å². The van der Waals surface area contributed by atoms with Crippen molar-refractivity contribution in [1.29, 1.82) is 5.41 Å². The lowest BCUT2D eigenvalue weighted by molar-refractivity contribution is 0.0968. The van der Waals surface area contributed by atoms with Crippen molar-refractivity contribution in [2.75, 3.05) is 0 Å². The predicted octanol–water partition coefficient (Wildman–Crippen LogP) is 3.21. The molecule has 1 heterocycles. The number of Topliss-reactive ketones (excluding diaryl/α,β-unsaturated/α-hetero) is 1. The summed E-state index contributed by atoms with van der Waals surface area (Å²) < 4.78 is 2.56. The zero-order valence-electron chi connectivity index (χ0n) is 10.9.